The molecule has 0 aliphatic heterocycles. The summed E-state index contributed by atoms with van der Waals surface area (Å²) in [6, 6.07) is 11.5. The number of anilines is 1. The van der Waals surface area contributed by atoms with Gasteiger partial charge in [0.2, 0.25) is 0 Å². The van der Waals surface area contributed by atoms with Crippen LogP contribution in [0.3, 0.4) is 0 Å². The first-order valence-corrected chi connectivity index (χ1v) is 8.78. The molecular weight excluding hydrogens is 326 g/mol. The molecule has 0 aliphatic carbocycles. The maximum Gasteiger partial charge on any atom is 0.257 e. The molecule has 0 unspecified atom stereocenters. The second-order valence-corrected chi connectivity index (χ2v) is 7.57. The third kappa shape index (κ3) is 2.60. The first kappa shape index (κ1) is 14.3. The van der Waals surface area contributed by atoms with Crippen LogP contribution < -0.4 is 5.32 Å². The zero-order valence-electron chi connectivity index (χ0n) is 12.6. The molecule has 0 radical (unpaired) electrons. The normalized spacial score (nSPS) is 11.2. The molecule has 2 heterocycles. The van der Waals surface area contributed by atoms with Crippen molar-refractivity contribution in [3.05, 3.63) is 52.5 Å². The number of aryl methyl sites for hydroxylation is 2. The molecule has 1 amide bonds. The Morgan fingerprint density at radius 2 is 1.96 bits per heavy atom. The number of thiazole rings is 2. The van der Waals surface area contributed by atoms with Crippen molar-refractivity contribution in [1.29, 1.82) is 0 Å². The first-order chi connectivity index (χ1) is 11.1. The minimum absolute atomic E-state index is 0.140. The lowest BCUT2D eigenvalue weighted by Crippen LogP contribution is -2.11. The van der Waals surface area contributed by atoms with Gasteiger partial charge in [0.1, 0.15) is 5.52 Å². The van der Waals surface area contributed by atoms with Crippen molar-refractivity contribution in [2.24, 2.45) is 0 Å². The zero-order chi connectivity index (χ0) is 16.0. The fourth-order valence-corrected chi connectivity index (χ4v) is 4.35. The van der Waals surface area contributed by atoms with Crippen molar-refractivity contribution in [3.8, 4) is 0 Å². The highest BCUT2D eigenvalue weighted by Crippen LogP contribution is 2.34. The van der Waals surface area contributed by atoms with Gasteiger partial charge in [0.05, 0.1) is 19.9 Å². The Labute approximate surface area is 140 Å². The van der Waals surface area contributed by atoms with Gasteiger partial charge in [0.25, 0.3) is 5.91 Å². The third-order valence-electron chi connectivity index (χ3n) is 3.52. The average molecular weight is 339 g/mol. The number of nitrogens with one attached hydrogen (secondary N) is 1. The summed E-state index contributed by atoms with van der Waals surface area (Å²) in [6.07, 6.45) is 0. The van der Waals surface area contributed by atoms with Crippen LogP contribution in [-0.4, -0.2) is 15.9 Å². The molecule has 0 fully saturated rings. The van der Waals surface area contributed by atoms with Crippen LogP contribution in [-0.2, 0) is 0 Å². The Balaban J connectivity index is 1.72. The predicted octanol–water partition coefficient (Wildman–Crippen LogP) is 4.78. The number of hydrogen-bond acceptors (Lipinski definition) is 5. The van der Waals surface area contributed by atoms with Crippen LogP contribution >= 0.6 is 22.7 Å². The Morgan fingerprint density at radius 1 is 1.09 bits per heavy atom. The molecule has 2 aromatic carbocycles. The van der Waals surface area contributed by atoms with Gasteiger partial charge >= 0.3 is 0 Å². The maximum atomic E-state index is 12.4. The van der Waals surface area contributed by atoms with Crippen LogP contribution in [0.5, 0.6) is 0 Å². The Morgan fingerprint density at radius 3 is 2.78 bits per heavy atom. The van der Waals surface area contributed by atoms with Crippen molar-refractivity contribution in [2.45, 2.75) is 13.8 Å². The second-order valence-electron chi connectivity index (χ2n) is 5.34. The Kier molecular flexibility index (Phi) is 3.36. The molecule has 23 heavy (non-hydrogen) atoms. The molecule has 0 aliphatic rings. The summed E-state index contributed by atoms with van der Waals surface area (Å²) in [4.78, 5) is 21.4. The van der Waals surface area contributed by atoms with Crippen LogP contribution in [0, 0.1) is 13.8 Å². The van der Waals surface area contributed by atoms with Gasteiger partial charge in [0.15, 0.2) is 5.13 Å². The fourth-order valence-electron chi connectivity index (χ4n) is 2.50. The van der Waals surface area contributed by atoms with Gasteiger partial charge in [-0.15, -0.1) is 11.3 Å². The van der Waals surface area contributed by atoms with Crippen molar-refractivity contribution < 1.29 is 4.79 Å². The molecule has 4 nitrogen and oxygen atoms in total. The lowest BCUT2D eigenvalue weighted by molar-refractivity contribution is 0.102. The molecule has 2 aromatic heterocycles. The smallest absolute Gasteiger partial charge is 0.257 e. The minimum atomic E-state index is -0.140. The highest BCUT2D eigenvalue weighted by molar-refractivity contribution is 7.24. The number of carbonyl (C=O) groups excluding carboxylic acids is 1. The Bertz CT molecular complexity index is 1050. The van der Waals surface area contributed by atoms with Gasteiger partial charge in [-0.05, 0) is 38.1 Å². The van der Waals surface area contributed by atoms with Crippen molar-refractivity contribution in [3.63, 3.8) is 0 Å². The maximum absolute atomic E-state index is 12.4. The lowest BCUT2D eigenvalue weighted by atomic mass is 10.1. The van der Waals surface area contributed by atoms with Gasteiger partial charge in [-0.25, -0.2) is 9.97 Å². The molecule has 0 bridgehead atoms. The van der Waals surface area contributed by atoms with E-state index in [1.165, 1.54) is 11.3 Å². The van der Waals surface area contributed by atoms with Crippen LogP contribution in [0.1, 0.15) is 20.9 Å². The first-order valence-electron chi connectivity index (χ1n) is 7.15. The number of carbonyl (C=O) groups is 1. The van der Waals surface area contributed by atoms with Gasteiger partial charge in [-0.2, -0.15) is 0 Å². The number of fused-ring (bicyclic) bond motifs is 3. The van der Waals surface area contributed by atoms with Crippen LogP contribution in [0.15, 0.2) is 36.4 Å². The highest BCUT2D eigenvalue weighted by atomic mass is 32.1. The van der Waals surface area contributed by atoms with Crippen molar-refractivity contribution in [2.75, 3.05) is 5.32 Å². The van der Waals surface area contributed by atoms with E-state index >= 15 is 0 Å². The van der Waals surface area contributed by atoms with E-state index in [1.807, 2.05) is 44.2 Å². The Hall–Kier alpha value is -2.31. The monoisotopic (exact) mass is 339 g/mol. The fraction of sp³-hybridized carbons (Fsp3) is 0.118. The summed E-state index contributed by atoms with van der Waals surface area (Å²) in [5.41, 5.74) is 3.53. The molecule has 0 spiro atoms. The van der Waals surface area contributed by atoms with Gasteiger partial charge in [-0.1, -0.05) is 29.0 Å². The number of rotatable bonds is 2. The van der Waals surface area contributed by atoms with Gasteiger partial charge < -0.3 is 0 Å². The second kappa shape index (κ2) is 5.40. The van der Waals surface area contributed by atoms with E-state index in [0.717, 1.165) is 31.0 Å². The largest absolute Gasteiger partial charge is 0.298 e. The highest BCUT2D eigenvalue weighted by Gasteiger charge is 2.13. The molecule has 0 saturated carbocycles. The summed E-state index contributed by atoms with van der Waals surface area (Å²) in [6.45, 7) is 3.97. The predicted molar refractivity (Wildman–Crippen MR) is 96.7 cm³/mol. The summed E-state index contributed by atoms with van der Waals surface area (Å²) < 4.78 is 2.17. The van der Waals surface area contributed by atoms with Crippen LogP contribution in [0.2, 0.25) is 0 Å². The molecule has 4 aromatic rings. The van der Waals surface area contributed by atoms with Crippen molar-refractivity contribution >= 4 is 54.1 Å². The van der Waals surface area contributed by atoms with Crippen molar-refractivity contribution in [1.82, 2.24) is 9.97 Å². The summed E-state index contributed by atoms with van der Waals surface area (Å²) >= 11 is 3.14. The van der Waals surface area contributed by atoms with E-state index in [9.17, 15) is 4.79 Å². The van der Waals surface area contributed by atoms with E-state index in [-0.39, 0.29) is 5.91 Å². The number of benzene rings is 2. The van der Waals surface area contributed by atoms with Gasteiger partial charge in [-0.3, -0.25) is 10.1 Å². The zero-order valence-corrected chi connectivity index (χ0v) is 14.2. The summed E-state index contributed by atoms with van der Waals surface area (Å²) in [7, 11) is 0. The summed E-state index contributed by atoms with van der Waals surface area (Å²) in [5, 5.41) is 4.53. The topological polar surface area (TPSA) is 54.9 Å². The SMILES string of the molecule is Cc1cccc(C(=O)Nc2nc3ccc4sc(C)nc4c3s2)c1. The average Bonchev–Trinajstić information content (AvgIpc) is 3.08. The molecule has 0 atom stereocenters. The molecular formula is C17H13N3OS2. The number of aromatic nitrogens is 2. The summed E-state index contributed by atoms with van der Waals surface area (Å²) in [5.74, 6) is -0.140. The van der Waals surface area contributed by atoms with E-state index in [2.05, 4.69) is 15.3 Å². The molecule has 6 heteroatoms. The third-order valence-corrected chi connectivity index (χ3v) is 5.45. The van der Waals surface area contributed by atoms with E-state index < -0.39 is 0 Å². The molecule has 0 saturated heterocycles. The number of amides is 1. The number of hydrogen-bond donors (Lipinski definition) is 1. The standard InChI is InChI=1S/C17H13N3OS2/c1-9-4-3-5-11(8-9)16(21)20-17-19-12-6-7-13-14(15(12)23-17)18-10(2)22-13/h3-8H,1-2H3,(H,19,20,21). The van der Waals surface area contributed by atoms with E-state index in [1.54, 1.807) is 17.4 Å². The molecule has 114 valence electrons. The quantitative estimate of drug-likeness (QED) is 0.572. The van der Waals surface area contributed by atoms with E-state index in [0.29, 0.717) is 10.7 Å². The van der Waals surface area contributed by atoms with E-state index in [4.69, 9.17) is 0 Å². The molecule has 4 rings (SSSR count). The van der Waals surface area contributed by atoms with Crippen LogP contribution in [0.4, 0.5) is 5.13 Å². The minimum Gasteiger partial charge on any atom is -0.298 e. The number of nitrogens with zero attached hydrogens (tertiary/aromatic N) is 2. The molecule has 1 N–H and O–H groups in total. The van der Waals surface area contributed by atoms with Crippen LogP contribution in [0.25, 0.3) is 20.4 Å². The lowest BCUT2D eigenvalue weighted by Gasteiger charge is -2.02. The van der Waals surface area contributed by atoms with Gasteiger partial charge in [0, 0.05) is 5.56 Å².